The van der Waals surface area contributed by atoms with E-state index in [4.69, 9.17) is 4.74 Å². The average Bonchev–Trinajstić information content (AvgIpc) is 2.47. The van der Waals surface area contributed by atoms with Crippen molar-refractivity contribution < 1.29 is 14.3 Å². The van der Waals surface area contributed by atoms with Gasteiger partial charge in [0.05, 0.1) is 12.5 Å². The van der Waals surface area contributed by atoms with Crippen LogP contribution < -0.4 is 9.64 Å². The Morgan fingerprint density at radius 3 is 2.27 bits per heavy atom. The third-order valence-electron chi connectivity index (χ3n) is 3.79. The summed E-state index contributed by atoms with van der Waals surface area (Å²) in [6.07, 6.45) is 0.501. The maximum absolute atomic E-state index is 12.0. The van der Waals surface area contributed by atoms with E-state index in [2.05, 4.69) is 0 Å². The number of nitrogens with zero attached hydrogens (tertiary/aromatic N) is 1. The Balaban J connectivity index is 1.81. The predicted octanol–water partition coefficient (Wildman–Crippen LogP) is 3.40. The standard InChI is InChI=1S/C18H17NO3/c1-12-3-7-15(8-4-12)19-17(11-18(19)21)14-5-9-16(10-6-14)22-13(2)20/h3-10,17H,11H2,1-2H3. The molecule has 22 heavy (non-hydrogen) atoms. The molecule has 4 heteroatoms. The molecule has 2 aromatic carbocycles. The van der Waals surface area contributed by atoms with Crippen LogP contribution in [0.15, 0.2) is 48.5 Å². The van der Waals surface area contributed by atoms with Crippen LogP contribution >= 0.6 is 0 Å². The van der Waals surface area contributed by atoms with Crippen molar-refractivity contribution in [3.8, 4) is 5.75 Å². The number of benzene rings is 2. The molecule has 1 amide bonds. The van der Waals surface area contributed by atoms with Crippen molar-refractivity contribution in [1.82, 2.24) is 0 Å². The van der Waals surface area contributed by atoms with Crippen molar-refractivity contribution in [2.45, 2.75) is 26.3 Å². The molecule has 0 spiro atoms. The van der Waals surface area contributed by atoms with E-state index in [0.29, 0.717) is 12.2 Å². The van der Waals surface area contributed by atoms with Gasteiger partial charge in [0.2, 0.25) is 5.91 Å². The van der Waals surface area contributed by atoms with Gasteiger partial charge in [-0.15, -0.1) is 0 Å². The number of carbonyl (C=O) groups excluding carboxylic acids is 2. The summed E-state index contributed by atoms with van der Waals surface area (Å²) in [4.78, 5) is 24.7. The van der Waals surface area contributed by atoms with Crippen LogP contribution in [0.1, 0.15) is 30.5 Å². The third-order valence-corrected chi connectivity index (χ3v) is 3.79. The van der Waals surface area contributed by atoms with Crippen molar-refractivity contribution in [3.05, 3.63) is 59.7 Å². The van der Waals surface area contributed by atoms with Crippen LogP contribution in [0.25, 0.3) is 0 Å². The highest BCUT2D eigenvalue weighted by molar-refractivity contribution is 6.01. The summed E-state index contributed by atoms with van der Waals surface area (Å²) in [6.45, 7) is 3.39. The van der Waals surface area contributed by atoms with Gasteiger partial charge >= 0.3 is 5.97 Å². The van der Waals surface area contributed by atoms with Crippen molar-refractivity contribution in [2.24, 2.45) is 0 Å². The van der Waals surface area contributed by atoms with Gasteiger partial charge in [-0.2, -0.15) is 0 Å². The fourth-order valence-corrected chi connectivity index (χ4v) is 2.64. The number of hydrogen-bond acceptors (Lipinski definition) is 3. The lowest BCUT2D eigenvalue weighted by molar-refractivity contribution is -0.131. The molecule has 1 saturated heterocycles. The van der Waals surface area contributed by atoms with Gasteiger partial charge in [0.1, 0.15) is 5.75 Å². The zero-order valence-electron chi connectivity index (χ0n) is 12.6. The van der Waals surface area contributed by atoms with Gasteiger partial charge in [0.25, 0.3) is 0 Å². The van der Waals surface area contributed by atoms with Crippen LogP contribution in [0.2, 0.25) is 0 Å². The van der Waals surface area contributed by atoms with E-state index in [1.54, 1.807) is 17.0 Å². The highest BCUT2D eigenvalue weighted by Gasteiger charge is 2.38. The van der Waals surface area contributed by atoms with Gasteiger partial charge in [0, 0.05) is 12.6 Å². The van der Waals surface area contributed by atoms with Gasteiger partial charge in [-0.3, -0.25) is 9.59 Å². The van der Waals surface area contributed by atoms with Crippen LogP contribution in [0.5, 0.6) is 5.75 Å². The molecule has 0 aromatic heterocycles. The van der Waals surface area contributed by atoms with Crippen LogP contribution in [-0.4, -0.2) is 11.9 Å². The molecule has 1 fully saturated rings. The normalized spacial score (nSPS) is 17.1. The van der Waals surface area contributed by atoms with Crippen LogP contribution in [0.3, 0.4) is 0 Å². The summed E-state index contributed by atoms with van der Waals surface area (Å²) in [5, 5.41) is 0. The summed E-state index contributed by atoms with van der Waals surface area (Å²) < 4.78 is 5.03. The molecular formula is C18H17NO3. The number of carbonyl (C=O) groups is 2. The van der Waals surface area contributed by atoms with Crippen molar-refractivity contribution >= 4 is 17.6 Å². The molecule has 1 atom stereocenters. The summed E-state index contributed by atoms with van der Waals surface area (Å²) in [5.74, 6) is 0.301. The summed E-state index contributed by atoms with van der Waals surface area (Å²) in [6, 6.07) is 15.3. The van der Waals surface area contributed by atoms with Gasteiger partial charge in [0.15, 0.2) is 0 Å². The van der Waals surface area contributed by atoms with Gasteiger partial charge < -0.3 is 9.64 Å². The smallest absolute Gasteiger partial charge is 0.308 e. The predicted molar refractivity (Wildman–Crippen MR) is 83.8 cm³/mol. The van der Waals surface area contributed by atoms with Crippen molar-refractivity contribution in [1.29, 1.82) is 0 Å². The van der Waals surface area contributed by atoms with Crippen LogP contribution in [0.4, 0.5) is 5.69 Å². The zero-order valence-corrected chi connectivity index (χ0v) is 12.6. The van der Waals surface area contributed by atoms with Crippen LogP contribution in [0, 0.1) is 6.92 Å². The minimum atomic E-state index is -0.340. The Morgan fingerprint density at radius 1 is 1.09 bits per heavy atom. The fraction of sp³-hybridized carbons (Fsp3) is 0.222. The highest BCUT2D eigenvalue weighted by Crippen LogP contribution is 2.39. The first-order valence-electron chi connectivity index (χ1n) is 7.22. The Morgan fingerprint density at radius 2 is 1.73 bits per heavy atom. The van der Waals surface area contributed by atoms with E-state index in [0.717, 1.165) is 11.3 Å². The maximum atomic E-state index is 12.0. The molecule has 1 unspecified atom stereocenters. The van der Waals surface area contributed by atoms with Gasteiger partial charge in [-0.05, 0) is 36.8 Å². The number of esters is 1. The molecule has 1 aliphatic rings. The minimum absolute atomic E-state index is 0.0431. The Hall–Kier alpha value is -2.62. The van der Waals surface area contributed by atoms with Gasteiger partial charge in [-0.25, -0.2) is 0 Å². The molecule has 112 valence electrons. The number of aryl methyl sites for hydroxylation is 1. The van der Waals surface area contributed by atoms with Gasteiger partial charge in [-0.1, -0.05) is 29.8 Å². The lowest BCUT2D eigenvalue weighted by atomic mass is 9.93. The molecule has 1 aliphatic heterocycles. The van der Waals surface area contributed by atoms with E-state index in [9.17, 15) is 9.59 Å². The first-order chi connectivity index (χ1) is 10.5. The zero-order chi connectivity index (χ0) is 15.7. The number of anilines is 1. The second-order valence-electron chi connectivity index (χ2n) is 5.48. The number of β-lactam (4-membered cyclic amide) rings is 1. The number of ether oxygens (including phenoxy) is 1. The first kappa shape index (κ1) is 14.3. The second-order valence-corrected chi connectivity index (χ2v) is 5.48. The maximum Gasteiger partial charge on any atom is 0.308 e. The Bertz CT molecular complexity index is 704. The van der Waals surface area contributed by atoms with Crippen molar-refractivity contribution in [2.75, 3.05) is 4.90 Å². The molecule has 4 nitrogen and oxygen atoms in total. The van der Waals surface area contributed by atoms with E-state index in [1.165, 1.54) is 12.5 Å². The third kappa shape index (κ3) is 2.72. The topological polar surface area (TPSA) is 46.6 Å². The molecule has 0 radical (unpaired) electrons. The number of rotatable bonds is 3. The largest absolute Gasteiger partial charge is 0.427 e. The lowest BCUT2D eigenvalue weighted by Gasteiger charge is -2.40. The summed E-state index contributed by atoms with van der Waals surface area (Å²) in [5.41, 5.74) is 3.12. The Labute approximate surface area is 129 Å². The molecule has 1 heterocycles. The second kappa shape index (κ2) is 5.64. The summed E-state index contributed by atoms with van der Waals surface area (Å²) in [7, 11) is 0. The van der Waals surface area contributed by atoms with E-state index < -0.39 is 0 Å². The SMILES string of the molecule is CC(=O)Oc1ccc(C2CC(=O)N2c2ccc(C)cc2)cc1. The molecule has 0 N–H and O–H groups in total. The monoisotopic (exact) mass is 295 g/mol. The number of hydrogen-bond donors (Lipinski definition) is 0. The molecule has 0 aliphatic carbocycles. The van der Waals surface area contributed by atoms with E-state index in [1.807, 2.05) is 43.3 Å². The van der Waals surface area contributed by atoms with E-state index in [-0.39, 0.29) is 17.9 Å². The number of amides is 1. The summed E-state index contributed by atoms with van der Waals surface area (Å²) >= 11 is 0. The quantitative estimate of drug-likeness (QED) is 0.495. The molecule has 0 saturated carbocycles. The highest BCUT2D eigenvalue weighted by atomic mass is 16.5. The Kier molecular flexibility index (Phi) is 3.67. The molecule has 0 bridgehead atoms. The van der Waals surface area contributed by atoms with Crippen LogP contribution in [-0.2, 0) is 9.59 Å². The average molecular weight is 295 g/mol. The first-order valence-corrected chi connectivity index (χ1v) is 7.22. The van der Waals surface area contributed by atoms with Crippen molar-refractivity contribution in [3.63, 3.8) is 0 Å². The molecule has 2 aromatic rings. The minimum Gasteiger partial charge on any atom is -0.427 e. The fourth-order valence-electron chi connectivity index (χ4n) is 2.64. The van der Waals surface area contributed by atoms with E-state index >= 15 is 0 Å². The lowest BCUT2D eigenvalue weighted by Crippen LogP contribution is -2.46. The molecule has 3 rings (SSSR count). The molecular weight excluding hydrogens is 278 g/mol.